The Morgan fingerprint density at radius 2 is 1.83 bits per heavy atom. The van der Waals surface area contributed by atoms with Gasteiger partial charge in [-0.25, -0.2) is 0 Å². The third-order valence-electron chi connectivity index (χ3n) is 3.31. The van der Waals surface area contributed by atoms with Gasteiger partial charge in [0.2, 0.25) is 5.91 Å². The molecule has 0 aliphatic heterocycles. The standard InChI is InChI=1S/C17H18ClN3OS/c1-12-14(18)8-5-9-15(12)19-17(23)21-20-16(22)11-10-13-6-3-2-4-7-13/h2-9H,10-11H2,1H3,(H,20,22)(H2,19,21,23). The Morgan fingerprint density at radius 3 is 2.57 bits per heavy atom. The van der Waals surface area contributed by atoms with Crippen molar-refractivity contribution in [3.05, 3.63) is 64.7 Å². The van der Waals surface area contributed by atoms with Crippen LogP contribution in [0.5, 0.6) is 0 Å². The zero-order valence-corrected chi connectivity index (χ0v) is 14.3. The molecule has 0 aliphatic carbocycles. The first-order chi connectivity index (χ1) is 11.1. The molecule has 0 bridgehead atoms. The van der Waals surface area contributed by atoms with Crippen LogP contribution in [0.15, 0.2) is 48.5 Å². The smallest absolute Gasteiger partial charge is 0.238 e. The van der Waals surface area contributed by atoms with Crippen LogP contribution in [0.2, 0.25) is 5.02 Å². The van der Waals surface area contributed by atoms with Gasteiger partial charge in [-0.3, -0.25) is 15.6 Å². The van der Waals surface area contributed by atoms with Gasteiger partial charge >= 0.3 is 0 Å². The minimum Gasteiger partial charge on any atom is -0.331 e. The first-order valence-electron chi connectivity index (χ1n) is 7.21. The summed E-state index contributed by atoms with van der Waals surface area (Å²) >= 11 is 11.2. The third-order valence-corrected chi connectivity index (χ3v) is 3.93. The molecular formula is C17H18ClN3OS. The summed E-state index contributed by atoms with van der Waals surface area (Å²) in [5, 5.41) is 3.97. The molecule has 0 atom stereocenters. The van der Waals surface area contributed by atoms with Crippen molar-refractivity contribution in [3.8, 4) is 0 Å². The van der Waals surface area contributed by atoms with Crippen LogP contribution in [-0.4, -0.2) is 11.0 Å². The number of rotatable bonds is 4. The molecule has 0 unspecified atom stereocenters. The van der Waals surface area contributed by atoms with Crippen molar-refractivity contribution in [3.63, 3.8) is 0 Å². The van der Waals surface area contributed by atoms with Gasteiger partial charge in [-0.15, -0.1) is 0 Å². The summed E-state index contributed by atoms with van der Waals surface area (Å²) < 4.78 is 0. The number of hydrogen-bond acceptors (Lipinski definition) is 2. The number of benzene rings is 2. The zero-order chi connectivity index (χ0) is 16.7. The van der Waals surface area contributed by atoms with Crippen LogP contribution in [0.25, 0.3) is 0 Å². The number of aryl methyl sites for hydroxylation is 1. The van der Waals surface area contributed by atoms with E-state index in [4.69, 9.17) is 23.8 Å². The zero-order valence-electron chi connectivity index (χ0n) is 12.7. The number of hydrazine groups is 1. The molecule has 6 heteroatoms. The maximum Gasteiger partial charge on any atom is 0.238 e. The van der Waals surface area contributed by atoms with E-state index in [1.165, 1.54) is 0 Å². The summed E-state index contributed by atoms with van der Waals surface area (Å²) in [4.78, 5) is 11.8. The van der Waals surface area contributed by atoms with E-state index in [1.807, 2.05) is 55.5 Å². The van der Waals surface area contributed by atoms with E-state index in [9.17, 15) is 4.79 Å². The Hall–Kier alpha value is -2.11. The number of anilines is 1. The fourth-order valence-corrected chi connectivity index (χ4v) is 2.32. The molecular weight excluding hydrogens is 330 g/mol. The van der Waals surface area contributed by atoms with Crippen molar-refractivity contribution in [2.24, 2.45) is 0 Å². The van der Waals surface area contributed by atoms with Crippen molar-refractivity contribution < 1.29 is 4.79 Å². The van der Waals surface area contributed by atoms with Crippen LogP contribution in [0.1, 0.15) is 17.5 Å². The highest BCUT2D eigenvalue weighted by molar-refractivity contribution is 7.80. The number of amides is 1. The average molecular weight is 348 g/mol. The monoisotopic (exact) mass is 347 g/mol. The SMILES string of the molecule is Cc1c(Cl)cccc1NC(=S)NNC(=O)CCc1ccccc1. The Morgan fingerprint density at radius 1 is 1.09 bits per heavy atom. The maximum absolute atomic E-state index is 11.8. The van der Waals surface area contributed by atoms with Crippen LogP contribution in [0, 0.1) is 6.92 Å². The van der Waals surface area contributed by atoms with Gasteiger partial charge in [0.05, 0.1) is 0 Å². The molecule has 0 radical (unpaired) electrons. The lowest BCUT2D eigenvalue weighted by Crippen LogP contribution is -2.43. The Kier molecular flexibility index (Phi) is 6.38. The minimum absolute atomic E-state index is 0.124. The van der Waals surface area contributed by atoms with E-state index in [-0.39, 0.29) is 5.91 Å². The molecule has 0 spiro atoms. The van der Waals surface area contributed by atoms with Crippen LogP contribution in [0.4, 0.5) is 5.69 Å². The van der Waals surface area contributed by atoms with Gasteiger partial charge in [0.15, 0.2) is 5.11 Å². The Labute approximate surface area is 146 Å². The van der Waals surface area contributed by atoms with Gasteiger partial charge in [0.25, 0.3) is 0 Å². The number of carbonyl (C=O) groups excluding carboxylic acids is 1. The van der Waals surface area contributed by atoms with Crippen molar-refractivity contribution in [1.82, 2.24) is 10.9 Å². The highest BCUT2D eigenvalue weighted by Gasteiger charge is 2.06. The Balaban J connectivity index is 1.75. The van der Waals surface area contributed by atoms with Gasteiger partial charge in [-0.2, -0.15) is 0 Å². The molecule has 2 aromatic rings. The summed E-state index contributed by atoms with van der Waals surface area (Å²) in [7, 11) is 0. The normalized spacial score (nSPS) is 10.0. The quantitative estimate of drug-likeness (QED) is 0.584. The van der Waals surface area contributed by atoms with Gasteiger partial charge < -0.3 is 5.32 Å². The predicted octanol–water partition coefficient (Wildman–Crippen LogP) is 3.60. The van der Waals surface area contributed by atoms with Gasteiger partial charge in [-0.05, 0) is 48.8 Å². The van der Waals surface area contributed by atoms with Gasteiger partial charge in [0, 0.05) is 17.1 Å². The number of carbonyl (C=O) groups is 1. The minimum atomic E-state index is -0.124. The van der Waals surface area contributed by atoms with Crippen LogP contribution in [0.3, 0.4) is 0 Å². The molecule has 0 heterocycles. The molecule has 0 aromatic heterocycles. The summed E-state index contributed by atoms with van der Waals surface area (Å²) in [5.41, 5.74) is 8.09. The predicted molar refractivity (Wildman–Crippen MR) is 98.5 cm³/mol. The van der Waals surface area contributed by atoms with E-state index in [0.29, 0.717) is 23.0 Å². The average Bonchev–Trinajstić information content (AvgIpc) is 2.56. The summed E-state index contributed by atoms with van der Waals surface area (Å²) in [6.45, 7) is 1.89. The third kappa shape index (κ3) is 5.54. The topological polar surface area (TPSA) is 53.2 Å². The van der Waals surface area contributed by atoms with Crippen molar-refractivity contribution in [2.75, 3.05) is 5.32 Å². The first-order valence-corrected chi connectivity index (χ1v) is 8.00. The summed E-state index contributed by atoms with van der Waals surface area (Å²) in [6.07, 6.45) is 1.07. The molecule has 2 aromatic carbocycles. The van der Waals surface area contributed by atoms with E-state index < -0.39 is 0 Å². The molecule has 1 amide bonds. The molecule has 0 fully saturated rings. The second kappa shape index (κ2) is 8.50. The van der Waals surface area contributed by atoms with Gasteiger partial charge in [-0.1, -0.05) is 48.0 Å². The molecule has 3 N–H and O–H groups in total. The molecule has 2 rings (SSSR count). The fraction of sp³-hybridized carbons (Fsp3) is 0.176. The molecule has 0 saturated heterocycles. The summed E-state index contributed by atoms with van der Waals surface area (Å²) in [6, 6.07) is 15.4. The lowest BCUT2D eigenvalue weighted by atomic mass is 10.1. The van der Waals surface area contributed by atoms with Crippen molar-refractivity contribution >= 4 is 40.5 Å². The van der Waals surface area contributed by atoms with E-state index >= 15 is 0 Å². The summed E-state index contributed by atoms with van der Waals surface area (Å²) in [5.74, 6) is -0.124. The highest BCUT2D eigenvalue weighted by Crippen LogP contribution is 2.22. The molecule has 23 heavy (non-hydrogen) atoms. The van der Waals surface area contributed by atoms with Gasteiger partial charge in [0.1, 0.15) is 0 Å². The molecule has 0 aliphatic rings. The fourth-order valence-electron chi connectivity index (χ4n) is 1.99. The largest absolute Gasteiger partial charge is 0.331 e. The van der Waals surface area contributed by atoms with E-state index in [1.54, 1.807) is 0 Å². The lowest BCUT2D eigenvalue weighted by molar-refractivity contribution is -0.121. The number of nitrogens with one attached hydrogen (secondary N) is 3. The van der Waals surface area contributed by atoms with Crippen molar-refractivity contribution in [2.45, 2.75) is 19.8 Å². The maximum atomic E-state index is 11.8. The van der Waals surface area contributed by atoms with Crippen LogP contribution < -0.4 is 16.2 Å². The molecule has 0 saturated carbocycles. The Bertz CT molecular complexity index is 691. The van der Waals surface area contributed by atoms with E-state index in [2.05, 4.69) is 16.2 Å². The van der Waals surface area contributed by atoms with Crippen molar-refractivity contribution in [1.29, 1.82) is 0 Å². The number of thiocarbonyl (C=S) groups is 1. The number of hydrogen-bond donors (Lipinski definition) is 3. The number of halogens is 1. The van der Waals surface area contributed by atoms with E-state index in [0.717, 1.165) is 16.8 Å². The lowest BCUT2D eigenvalue weighted by Gasteiger charge is -2.13. The second-order valence-electron chi connectivity index (χ2n) is 5.03. The van der Waals surface area contributed by atoms with Crippen LogP contribution >= 0.6 is 23.8 Å². The highest BCUT2D eigenvalue weighted by atomic mass is 35.5. The molecule has 120 valence electrons. The molecule has 4 nitrogen and oxygen atoms in total. The second-order valence-corrected chi connectivity index (χ2v) is 5.84. The first kappa shape index (κ1) is 17.2. The van der Waals surface area contributed by atoms with Crippen LogP contribution in [-0.2, 0) is 11.2 Å².